The van der Waals surface area contributed by atoms with E-state index >= 15 is 0 Å². The monoisotopic (exact) mass is 209 g/mol. The Bertz CT molecular complexity index is 415. The molecular weight excluding hydrogens is 198 g/mol. The van der Waals surface area contributed by atoms with E-state index in [-0.39, 0.29) is 6.61 Å². The summed E-state index contributed by atoms with van der Waals surface area (Å²) in [5, 5.41) is 13.8. The molecule has 1 N–H and O–H groups in total. The molecule has 0 bridgehead atoms. The van der Waals surface area contributed by atoms with Crippen molar-refractivity contribution in [2.45, 2.75) is 11.4 Å². The number of hydrogen-bond donors (Lipinski definition) is 1. The average molecular weight is 209 g/mol. The van der Waals surface area contributed by atoms with E-state index in [2.05, 4.69) is 10.1 Å². The highest BCUT2D eigenvalue weighted by Gasteiger charge is 2.02. The largest absolute Gasteiger partial charge is 0.396 e. The Morgan fingerprint density at radius 1 is 1.43 bits per heavy atom. The van der Waals surface area contributed by atoms with Gasteiger partial charge in [0.25, 0.3) is 0 Å². The zero-order valence-corrected chi connectivity index (χ0v) is 8.44. The Morgan fingerprint density at radius 3 is 3.21 bits per heavy atom. The molecule has 0 atom stereocenters. The van der Waals surface area contributed by atoms with E-state index in [1.807, 2.05) is 12.3 Å². The van der Waals surface area contributed by atoms with E-state index in [9.17, 15) is 0 Å². The number of aliphatic hydroxyl groups excluding tert-OH is 1. The van der Waals surface area contributed by atoms with Crippen molar-refractivity contribution < 1.29 is 5.11 Å². The topological polar surface area (TPSA) is 50.4 Å². The van der Waals surface area contributed by atoms with Gasteiger partial charge in [0.05, 0.1) is 11.7 Å². The predicted molar refractivity (Wildman–Crippen MR) is 55.4 cm³/mol. The lowest BCUT2D eigenvalue weighted by molar-refractivity contribution is 0.296. The molecule has 4 nitrogen and oxygen atoms in total. The minimum atomic E-state index is 0.232. The molecule has 0 saturated heterocycles. The Hall–Kier alpha value is -1.07. The Kier molecular flexibility index (Phi) is 3.00. The molecule has 0 aliphatic heterocycles. The molecule has 0 aliphatic carbocycles. The summed E-state index contributed by atoms with van der Waals surface area (Å²) in [5.41, 5.74) is 1.02. The van der Waals surface area contributed by atoms with Gasteiger partial charge in [-0.2, -0.15) is 5.10 Å². The van der Waals surface area contributed by atoms with Crippen LogP contribution in [0.1, 0.15) is 6.42 Å². The van der Waals surface area contributed by atoms with Gasteiger partial charge in [-0.3, -0.25) is 0 Å². The standard InChI is InChI=1S/C9H11N3OS/c13-6-1-7-14-9-8-2-3-11-12(8)5-4-10-9/h2-5,13H,1,6-7H2. The number of aliphatic hydroxyl groups is 1. The third kappa shape index (κ3) is 1.88. The van der Waals surface area contributed by atoms with Crippen molar-refractivity contribution >= 4 is 17.3 Å². The molecule has 2 aromatic heterocycles. The van der Waals surface area contributed by atoms with Crippen LogP contribution < -0.4 is 0 Å². The highest BCUT2D eigenvalue weighted by molar-refractivity contribution is 7.99. The molecule has 0 saturated carbocycles. The van der Waals surface area contributed by atoms with Crippen LogP contribution in [-0.2, 0) is 0 Å². The lowest BCUT2D eigenvalue weighted by Crippen LogP contribution is -1.92. The van der Waals surface area contributed by atoms with Crippen molar-refractivity contribution in [1.29, 1.82) is 0 Å². The SMILES string of the molecule is OCCCSc1nccn2nccc12. The molecule has 2 aromatic rings. The van der Waals surface area contributed by atoms with Crippen molar-refractivity contribution in [3.05, 3.63) is 24.7 Å². The van der Waals surface area contributed by atoms with Crippen LogP contribution in [0.15, 0.2) is 29.7 Å². The second kappa shape index (κ2) is 4.43. The van der Waals surface area contributed by atoms with Crippen LogP contribution in [-0.4, -0.2) is 32.1 Å². The summed E-state index contributed by atoms with van der Waals surface area (Å²) in [6, 6.07) is 1.94. The van der Waals surface area contributed by atoms with Crippen LogP contribution in [0.3, 0.4) is 0 Å². The zero-order chi connectivity index (χ0) is 9.80. The van der Waals surface area contributed by atoms with Crippen LogP contribution in [0.5, 0.6) is 0 Å². The fourth-order valence-corrected chi connectivity index (χ4v) is 2.09. The minimum absolute atomic E-state index is 0.232. The van der Waals surface area contributed by atoms with Crippen molar-refractivity contribution in [3.8, 4) is 0 Å². The van der Waals surface area contributed by atoms with Gasteiger partial charge in [0.15, 0.2) is 0 Å². The lowest BCUT2D eigenvalue weighted by atomic mass is 10.5. The molecule has 0 fully saturated rings. The van der Waals surface area contributed by atoms with Gasteiger partial charge in [-0.25, -0.2) is 9.50 Å². The van der Waals surface area contributed by atoms with E-state index in [0.717, 1.165) is 22.7 Å². The smallest absolute Gasteiger partial charge is 0.122 e. The van der Waals surface area contributed by atoms with Gasteiger partial charge in [0, 0.05) is 24.8 Å². The fourth-order valence-electron chi connectivity index (χ4n) is 1.18. The van der Waals surface area contributed by atoms with Crippen molar-refractivity contribution in [2.24, 2.45) is 0 Å². The van der Waals surface area contributed by atoms with Gasteiger partial charge < -0.3 is 5.11 Å². The first kappa shape index (κ1) is 9.48. The molecule has 0 spiro atoms. The summed E-state index contributed by atoms with van der Waals surface area (Å²) in [6.45, 7) is 0.232. The Labute approximate surface area is 86.0 Å². The molecule has 14 heavy (non-hydrogen) atoms. The van der Waals surface area contributed by atoms with Crippen LogP contribution >= 0.6 is 11.8 Å². The summed E-state index contributed by atoms with van der Waals surface area (Å²) in [5.74, 6) is 0.883. The molecule has 0 aromatic carbocycles. The van der Waals surface area contributed by atoms with Crippen LogP contribution in [0, 0.1) is 0 Å². The number of thioether (sulfide) groups is 1. The number of nitrogens with zero attached hydrogens (tertiary/aromatic N) is 3. The summed E-state index contributed by atoms with van der Waals surface area (Å²) in [4.78, 5) is 4.27. The maximum absolute atomic E-state index is 8.67. The van der Waals surface area contributed by atoms with E-state index in [1.165, 1.54) is 0 Å². The number of hydrogen-bond acceptors (Lipinski definition) is 4. The van der Waals surface area contributed by atoms with Crippen LogP contribution in [0.2, 0.25) is 0 Å². The normalized spacial score (nSPS) is 10.9. The molecule has 0 aliphatic rings. The molecule has 0 unspecified atom stereocenters. The molecule has 5 heteroatoms. The van der Waals surface area contributed by atoms with Gasteiger partial charge >= 0.3 is 0 Å². The maximum Gasteiger partial charge on any atom is 0.122 e. The Morgan fingerprint density at radius 2 is 2.36 bits per heavy atom. The van der Waals surface area contributed by atoms with Crippen molar-refractivity contribution in [2.75, 3.05) is 12.4 Å². The average Bonchev–Trinajstić information content (AvgIpc) is 2.67. The first-order valence-corrected chi connectivity index (χ1v) is 5.42. The molecule has 0 radical (unpaired) electrons. The van der Waals surface area contributed by atoms with Gasteiger partial charge in [-0.15, -0.1) is 11.8 Å². The second-order valence-corrected chi connectivity index (χ2v) is 3.90. The third-order valence-corrected chi connectivity index (χ3v) is 2.91. The van der Waals surface area contributed by atoms with Crippen LogP contribution in [0.4, 0.5) is 0 Å². The van der Waals surface area contributed by atoms with E-state index in [0.29, 0.717) is 0 Å². The maximum atomic E-state index is 8.67. The molecular formula is C9H11N3OS. The zero-order valence-electron chi connectivity index (χ0n) is 7.63. The second-order valence-electron chi connectivity index (χ2n) is 2.82. The quantitative estimate of drug-likeness (QED) is 0.607. The summed E-state index contributed by atoms with van der Waals surface area (Å²) in [7, 11) is 0. The highest BCUT2D eigenvalue weighted by atomic mass is 32.2. The van der Waals surface area contributed by atoms with E-state index < -0.39 is 0 Å². The third-order valence-electron chi connectivity index (χ3n) is 1.83. The van der Waals surface area contributed by atoms with Gasteiger partial charge in [0.1, 0.15) is 5.03 Å². The van der Waals surface area contributed by atoms with Gasteiger partial charge in [0.2, 0.25) is 0 Å². The van der Waals surface area contributed by atoms with Gasteiger partial charge in [-0.05, 0) is 12.5 Å². The van der Waals surface area contributed by atoms with E-state index in [1.54, 1.807) is 28.7 Å². The first-order chi connectivity index (χ1) is 6.92. The number of rotatable bonds is 4. The summed E-state index contributed by atoms with van der Waals surface area (Å²) in [6.07, 6.45) is 6.11. The molecule has 2 rings (SSSR count). The number of fused-ring (bicyclic) bond motifs is 1. The summed E-state index contributed by atoms with van der Waals surface area (Å²) >= 11 is 1.65. The molecule has 74 valence electrons. The first-order valence-electron chi connectivity index (χ1n) is 4.44. The highest BCUT2D eigenvalue weighted by Crippen LogP contribution is 2.20. The van der Waals surface area contributed by atoms with E-state index in [4.69, 9.17) is 5.11 Å². The van der Waals surface area contributed by atoms with Gasteiger partial charge in [-0.1, -0.05) is 0 Å². The van der Waals surface area contributed by atoms with Crippen molar-refractivity contribution in [3.63, 3.8) is 0 Å². The van der Waals surface area contributed by atoms with Crippen molar-refractivity contribution in [1.82, 2.24) is 14.6 Å². The lowest BCUT2D eigenvalue weighted by Gasteiger charge is -2.01. The fraction of sp³-hybridized carbons (Fsp3) is 0.333. The molecule has 2 heterocycles. The molecule has 0 amide bonds. The Balaban J connectivity index is 2.19. The predicted octanol–water partition coefficient (Wildman–Crippen LogP) is 1.20. The summed E-state index contributed by atoms with van der Waals surface area (Å²) < 4.78 is 1.80. The van der Waals surface area contributed by atoms with Crippen LogP contribution in [0.25, 0.3) is 5.52 Å². The minimum Gasteiger partial charge on any atom is -0.396 e. The number of aromatic nitrogens is 3.